The summed E-state index contributed by atoms with van der Waals surface area (Å²) < 4.78 is 0. The first kappa shape index (κ1) is 10.4. The monoisotopic (exact) mass is 212 g/mol. The molecule has 0 bridgehead atoms. The molecular weight excluding hydrogens is 196 g/mol. The van der Waals surface area contributed by atoms with Crippen molar-refractivity contribution >= 4 is 11.9 Å². The predicted octanol–water partition coefficient (Wildman–Crippen LogP) is -0.0566. The van der Waals surface area contributed by atoms with Gasteiger partial charge in [0.15, 0.2) is 0 Å². The van der Waals surface area contributed by atoms with Crippen molar-refractivity contribution in [2.45, 2.75) is 43.7 Å². The molecule has 0 aromatic rings. The summed E-state index contributed by atoms with van der Waals surface area (Å²) in [6.07, 6.45) is 3.19. The predicted molar refractivity (Wildman–Crippen MR) is 53.1 cm³/mol. The first-order valence-electron chi connectivity index (χ1n) is 5.36. The molecule has 0 aromatic carbocycles. The molecule has 15 heavy (non-hydrogen) atoms. The van der Waals surface area contributed by atoms with E-state index in [4.69, 9.17) is 5.73 Å². The lowest BCUT2D eigenvalue weighted by Crippen LogP contribution is -2.54. The van der Waals surface area contributed by atoms with E-state index in [-0.39, 0.29) is 18.4 Å². The largest absolute Gasteiger partial charge is 0.479 e. The summed E-state index contributed by atoms with van der Waals surface area (Å²) in [4.78, 5) is 24.5. The Morgan fingerprint density at radius 1 is 1.47 bits per heavy atom. The molecule has 1 aliphatic heterocycles. The van der Waals surface area contributed by atoms with Crippen molar-refractivity contribution in [1.82, 2.24) is 4.90 Å². The van der Waals surface area contributed by atoms with Gasteiger partial charge in [-0.1, -0.05) is 12.8 Å². The minimum absolute atomic E-state index is 0.105. The van der Waals surface area contributed by atoms with Crippen molar-refractivity contribution in [3.8, 4) is 0 Å². The number of hydrogen-bond acceptors (Lipinski definition) is 3. The molecule has 5 nitrogen and oxygen atoms in total. The standard InChI is InChI=1S/C10H16N2O3/c11-7-5-8(13)12(6-7)10(9(14)15)3-1-2-4-10/h7H,1-6,11H2,(H,14,15). The van der Waals surface area contributed by atoms with Gasteiger partial charge < -0.3 is 15.7 Å². The first-order valence-corrected chi connectivity index (χ1v) is 5.36. The van der Waals surface area contributed by atoms with Gasteiger partial charge in [0.2, 0.25) is 5.91 Å². The zero-order chi connectivity index (χ0) is 11.1. The van der Waals surface area contributed by atoms with Crippen LogP contribution < -0.4 is 5.73 Å². The van der Waals surface area contributed by atoms with E-state index in [0.717, 1.165) is 12.8 Å². The Bertz CT molecular complexity index is 297. The average Bonchev–Trinajstić information content (AvgIpc) is 2.72. The van der Waals surface area contributed by atoms with Crippen LogP contribution in [0.1, 0.15) is 32.1 Å². The van der Waals surface area contributed by atoms with Crippen molar-refractivity contribution in [3.63, 3.8) is 0 Å². The van der Waals surface area contributed by atoms with Crippen LogP contribution in [0.2, 0.25) is 0 Å². The van der Waals surface area contributed by atoms with Crippen molar-refractivity contribution in [2.75, 3.05) is 6.54 Å². The molecule has 1 saturated heterocycles. The zero-order valence-corrected chi connectivity index (χ0v) is 8.61. The molecule has 0 spiro atoms. The second-order valence-electron chi connectivity index (χ2n) is 4.51. The van der Waals surface area contributed by atoms with Gasteiger partial charge in [-0.2, -0.15) is 0 Å². The van der Waals surface area contributed by atoms with E-state index >= 15 is 0 Å². The summed E-state index contributed by atoms with van der Waals surface area (Å²) in [5.41, 5.74) is 4.73. The summed E-state index contributed by atoms with van der Waals surface area (Å²) >= 11 is 0. The third-order valence-corrected chi connectivity index (χ3v) is 3.50. The number of carboxylic acids is 1. The fraction of sp³-hybridized carbons (Fsp3) is 0.800. The molecule has 2 fully saturated rings. The van der Waals surface area contributed by atoms with Crippen molar-refractivity contribution < 1.29 is 14.7 Å². The van der Waals surface area contributed by atoms with Crippen LogP contribution in [0, 0.1) is 0 Å². The first-order chi connectivity index (χ1) is 7.06. The Hall–Kier alpha value is -1.10. The van der Waals surface area contributed by atoms with Crippen LogP contribution in [0.4, 0.5) is 0 Å². The number of amides is 1. The van der Waals surface area contributed by atoms with E-state index in [9.17, 15) is 14.7 Å². The lowest BCUT2D eigenvalue weighted by atomic mass is 9.95. The fourth-order valence-electron chi connectivity index (χ4n) is 2.71. The lowest BCUT2D eigenvalue weighted by molar-refractivity contribution is -0.156. The maximum Gasteiger partial charge on any atom is 0.329 e. The lowest BCUT2D eigenvalue weighted by Gasteiger charge is -2.34. The minimum atomic E-state index is -0.953. The third-order valence-electron chi connectivity index (χ3n) is 3.50. The highest BCUT2D eigenvalue weighted by molar-refractivity contribution is 5.89. The van der Waals surface area contributed by atoms with Gasteiger partial charge in [0, 0.05) is 19.0 Å². The van der Waals surface area contributed by atoms with Crippen molar-refractivity contribution in [3.05, 3.63) is 0 Å². The number of hydrogen-bond donors (Lipinski definition) is 2. The molecule has 2 aliphatic rings. The molecule has 2 rings (SSSR count). The van der Waals surface area contributed by atoms with Gasteiger partial charge in [-0.15, -0.1) is 0 Å². The molecule has 1 atom stereocenters. The second kappa shape index (κ2) is 3.48. The second-order valence-corrected chi connectivity index (χ2v) is 4.51. The molecule has 5 heteroatoms. The van der Waals surface area contributed by atoms with Crippen molar-refractivity contribution in [2.24, 2.45) is 5.73 Å². The minimum Gasteiger partial charge on any atom is -0.479 e. The van der Waals surface area contributed by atoms with Crippen LogP contribution in [0.25, 0.3) is 0 Å². The summed E-state index contributed by atoms with van der Waals surface area (Å²) in [5.74, 6) is -0.978. The SMILES string of the molecule is NC1CC(=O)N(C2(C(=O)O)CCCC2)C1. The van der Waals surface area contributed by atoms with E-state index in [2.05, 4.69) is 0 Å². The maximum absolute atomic E-state index is 11.7. The van der Waals surface area contributed by atoms with Gasteiger partial charge in [-0.25, -0.2) is 4.79 Å². The number of nitrogens with two attached hydrogens (primary N) is 1. The van der Waals surface area contributed by atoms with Gasteiger partial charge in [0.1, 0.15) is 5.54 Å². The Kier molecular flexibility index (Phi) is 2.42. The van der Waals surface area contributed by atoms with E-state index in [0.29, 0.717) is 19.4 Å². The van der Waals surface area contributed by atoms with Crippen LogP contribution in [0.3, 0.4) is 0 Å². The quantitative estimate of drug-likeness (QED) is 0.672. The highest BCUT2D eigenvalue weighted by atomic mass is 16.4. The van der Waals surface area contributed by atoms with E-state index in [1.54, 1.807) is 0 Å². The summed E-state index contributed by atoms with van der Waals surface area (Å²) in [6, 6.07) is -0.200. The molecule has 1 aliphatic carbocycles. The Morgan fingerprint density at radius 3 is 2.47 bits per heavy atom. The van der Waals surface area contributed by atoms with Gasteiger partial charge in [-0.05, 0) is 12.8 Å². The number of likely N-dealkylation sites (tertiary alicyclic amines) is 1. The third kappa shape index (κ3) is 1.51. The van der Waals surface area contributed by atoms with Crippen molar-refractivity contribution in [1.29, 1.82) is 0 Å². The fourth-order valence-corrected chi connectivity index (χ4v) is 2.71. The number of aliphatic carboxylic acids is 1. The molecule has 0 aromatic heterocycles. The molecule has 0 radical (unpaired) electrons. The molecule has 1 amide bonds. The average molecular weight is 212 g/mol. The maximum atomic E-state index is 11.7. The number of carboxylic acid groups (broad SMARTS) is 1. The van der Waals surface area contributed by atoms with E-state index < -0.39 is 11.5 Å². The highest BCUT2D eigenvalue weighted by Gasteiger charge is 2.50. The number of carbonyl (C=O) groups is 2. The van der Waals surface area contributed by atoms with Gasteiger partial charge in [-0.3, -0.25) is 4.79 Å². The van der Waals surface area contributed by atoms with E-state index in [1.807, 2.05) is 0 Å². The molecule has 1 unspecified atom stereocenters. The normalized spacial score (nSPS) is 29.8. The van der Waals surface area contributed by atoms with Crippen LogP contribution in [-0.4, -0.2) is 40.0 Å². The van der Waals surface area contributed by atoms with Crippen LogP contribution in [0.15, 0.2) is 0 Å². The highest BCUT2D eigenvalue weighted by Crippen LogP contribution is 2.37. The Morgan fingerprint density at radius 2 is 2.07 bits per heavy atom. The summed E-state index contributed by atoms with van der Waals surface area (Å²) in [5, 5.41) is 9.29. The molecule has 1 saturated carbocycles. The van der Waals surface area contributed by atoms with Crippen LogP contribution in [-0.2, 0) is 9.59 Å². The summed E-state index contributed by atoms with van der Waals surface area (Å²) in [7, 11) is 0. The smallest absolute Gasteiger partial charge is 0.329 e. The zero-order valence-electron chi connectivity index (χ0n) is 8.61. The topological polar surface area (TPSA) is 83.6 Å². The molecular formula is C10H16N2O3. The van der Waals surface area contributed by atoms with Crippen LogP contribution >= 0.6 is 0 Å². The number of carbonyl (C=O) groups excluding carboxylic acids is 1. The Balaban J connectivity index is 2.26. The number of nitrogens with zero attached hydrogens (tertiary/aromatic N) is 1. The molecule has 3 N–H and O–H groups in total. The van der Waals surface area contributed by atoms with E-state index in [1.165, 1.54) is 4.90 Å². The van der Waals surface area contributed by atoms with Gasteiger partial charge in [0.25, 0.3) is 0 Å². The van der Waals surface area contributed by atoms with Gasteiger partial charge in [0.05, 0.1) is 0 Å². The molecule has 84 valence electrons. The molecule has 1 heterocycles. The number of rotatable bonds is 2. The Labute approximate surface area is 88.2 Å². The summed E-state index contributed by atoms with van der Waals surface area (Å²) in [6.45, 7) is 0.394. The van der Waals surface area contributed by atoms with Crippen LogP contribution in [0.5, 0.6) is 0 Å². The van der Waals surface area contributed by atoms with Gasteiger partial charge >= 0.3 is 5.97 Å².